The molecule has 0 aliphatic carbocycles. The Morgan fingerprint density at radius 3 is 2.76 bits per heavy atom. The fraction of sp³-hybridized carbons (Fsp3) is 0.462. The lowest BCUT2D eigenvalue weighted by molar-refractivity contribution is 0.000710. The van der Waals surface area contributed by atoms with Crippen molar-refractivity contribution in [3.8, 4) is 6.07 Å². The molecule has 0 fully saturated rings. The van der Waals surface area contributed by atoms with Crippen LogP contribution in [0.15, 0.2) is 18.2 Å². The Morgan fingerprint density at radius 2 is 2.18 bits per heavy atom. The van der Waals surface area contributed by atoms with Crippen LogP contribution in [-0.2, 0) is 4.74 Å². The van der Waals surface area contributed by atoms with Crippen molar-refractivity contribution in [2.45, 2.75) is 26.4 Å². The summed E-state index contributed by atoms with van der Waals surface area (Å²) < 4.78 is 5.58. The van der Waals surface area contributed by atoms with Crippen molar-refractivity contribution in [2.75, 3.05) is 24.2 Å². The zero-order valence-electron chi connectivity index (χ0n) is 10.6. The highest BCUT2D eigenvalue weighted by molar-refractivity contribution is 5.72. The topological polar surface area (TPSA) is 71.1 Å². The first-order valence-corrected chi connectivity index (χ1v) is 5.66. The van der Waals surface area contributed by atoms with Crippen LogP contribution >= 0.6 is 0 Å². The molecule has 0 aliphatic heterocycles. The van der Waals surface area contributed by atoms with Crippen LogP contribution in [0.2, 0.25) is 0 Å². The van der Waals surface area contributed by atoms with Crippen LogP contribution in [0.25, 0.3) is 0 Å². The average Bonchev–Trinajstić information content (AvgIpc) is 2.28. The number of rotatable bonds is 5. The summed E-state index contributed by atoms with van der Waals surface area (Å²) in [4.78, 5) is 0. The van der Waals surface area contributed by atoms with E-state index < -0.39 is 0 Å². The number of nitrogens with zero attached hydrogens (tertiary/aromatic N) is 1. The number of benzene rings is 1. The molecule has 0 bridgehead atoms. The van der Waals surface area contributed by atoms with Gasteiger partial charge in [0.25, 0.3) is 0 Å². The van der Waals surface area contributed by atoms with Gasteiger partial charge in [0.2, 0.25) is 0 Å². The van der Waals surface area contributed by atoms with E-state index in [-0.39, 0.29) is 5.60 Å². The molecule has 4 nitrogen and oxygen atoms in total. The standard InChI is InChI=1S/C13H19N3O/c1-4-17-13(2,3)9-16-11-7-5-6-10(8-14)12(11)15/h5-7,16H,4,9,15H2,1-3H3. The van der Waals surface area contributed by atoms with Crippen LogP contribution in [0, 0.1) is 11.3 Å². The summed E-state index contributed by atoms with van der Waals surface area (Å²) in [5.74, 6) is 0. The van der Waals surface area contributed by atoms with Gasteiger partial charge in [0.15, 0.2) is 0 Å². The number of para-hydroxylation sites is 1. The van der Waals surface area contributed by atoms with Gasteiger partial charge in [-0.3, -0.25) is 0 Å². The van der Waals surface area contributed by atoms with Crippen molar-refractivity contribution < 1.29 is 4.74 Å². The van der Waals surface area contributed by atoms with Crippen molar-refractivity contribution in [1.29, 1.82) is 5.26 Å². The maximum atomic E-state index is 8.87. The van der Waals surface area contributed by atoms with Gasteiger partial charge in [0.1, 0.15) is 6.07 Å². The van der Waals surface area contributed by atoms with Gasteiger partial charge in [0.05, 0.1) is 22.5 Å². The third-order valence-corrected chi connectivity index (χ3v) is 2.47. The Balaban J connectivity index is 2.74. The Morgan fingerprint density at radius 1 is 1.47 bits per heavy atom. The minimum atomic E-state index is -0.260. The van der Waals surface area contributed by atoms with Gasteiger partial charge >= 0.3 is 0 Å². The highest BCUT2D eigenvalue weighted by Gasteiger charge is 2.17. The predicted octanol–water partition coefficient (Wildman–Crippen LogP) is 2.37. The van der Waals surface area contributed by atoms with E-state index in [0.29, 0.717) is 24.4 Å². The second kappa shape index (κ2) is 5.55. The maximum absolute atomic E-state index is 8.87. The lowest BCUT2D eigenvalue weighted by atomic mass is 10.1. The number of nitriles is 1. The minimum absolute atomic E-state index is 0.260. The minimum Gasteiger partial charge on any atom is -0.396 e. The van der Waals surface area contributed by atoms with E-state index in [1.807, 2.05) is 32.9 Å². The molecule has 0 atom stereocenters. The molecule has 0 saturated heterocycles. The zero-order chi connectivity index (χ0) is 12.9. The first kappa shape index (κ1) is 13.3. The molecule has 0 aliphatic rings. The van der Waals surface area contributed by atoms with E-state index in [1.165, 1.54) is 0 Å². The third kappa shape index (κ3) is 3.65. The number of hydrogen-bond acceptors (Lipinski definition) is 4. The molecule has 0 aromatic heterocycles. The van der Waals surface area contributed by atoms with E-state index in [1.54, 1.807) is 6.07 Å². The summed E-state index contributed by atoms with van der Waals surface area (Å²) in [5.41, 5.74) is 7.36. The summed E-state index contributed by atoms with van der Waals surface area (Å²) in [7, 11) is 0. The number of nitrogen functional groups attached to an aromatic ring is 1. The van der Waals surface area contributed by atoms with Gasteiger partial charge in [-0.1, -0.05) is 6.07 Å². The van der Waals surface area contributed by atoms with Crippen LogP contribution in [0.3, 0.4) is 0 Å². The van der Waals surface area contributed by atoms with Crippen LogP contribution in [0.4, 0.5) is 11.4 Å². The molecule has 3 N–H and O–H groups in total. The molecule has 4 heteroatoms. The average molecular weight is 233 g/mol. The molecule has 0 amide bonds. The Labute approximate surface area is 102 Å². The highest BCUT2D eigenvalue weighted by atomic mass is 16.5. The summed E-state index contributed by atoms with van der Waals surface area (Å²) >= 11 is 0. The fourth-order valence-corrected chi connectivity index (χ4v) is 1.57. The largest absolute Gasteiger partial charge is 0.396 e. The van der Waals surface area contributed by atoms with Crippen LogP contribution < -0.4 is 11.1 Å². The van der Waals surface area contributed by atoms with Crippen LogP contribution in [0.5, 0.6) is 0 Å². The predicted molar refractivity (Wildman–Crippen MR) is 69.8 cm³/mol. The first-order chi connectivity index (χ1) is 8.00. The lowest BCUT2D eigenvalue weighted by Crippen LogP contribution is -2.33. The lowest BCUT2D eigenvalue weighted by Gasteiger charge is -2.25. The Hall–Kier alpha value is -1.73. The molecule has 1 aromatic rings. The van der Waals surface area contributed by atoms with E-state index in [2.05, 4.69) is 11.4 Å². The summed E-state index contributed by atoms with van der Waals surface area (Å²) in [5, 5.41) is 12.1. The first-order valence-electron chi connectivity index (χ1n) is 5.66. The summed E-state index contributed by atoms with van der Waals surface area (Å²) in [6.07, 6.45) is 0. The normalized spacial score (nSPS) is 10.9. The van der Waals surface area contributed by atoms with Crippen molar-refractivity contribution in [1.82, 2.24) is 0 Å². The summed E-state index contributed by atoms with van der Waals surface area (Å²) in [6.45, 7) is 7.29. The van der Waals surface area contributed by atoms with Gasteiger partial charge in [-0.15, -0.1) is 0 Å². The van der Waals surface area contributed by atoms with Crippen molar-refractivity contribution in [2.24, 2.45) is 0 Å². The van der Waals surface area contributed by atoms with Gasteiger partial charge < -0.3 is 15.8 Å². The van der Waals surface area contributed by atoms with Crippen molar-refractivity contribution >= 4 is 11.4 Å². The Kier molecular flexibility index (Phi) is 4.36. The van der Waals surface area contributed by atoms with Crippen molar-refractivity contribution in [3.63, 3.8) is 0 Å². The van der Waals surface area contributed by atoms with Crippen molar-refractivity contribution in [3.05, 3.63) is 23.8 Å². The SMILES string of the molecule is CCOC(C)(C)CNc1cccc(C#N)c1N. The molecule has 1 rings (SSSR count). The van der Waals surface area contributed by atoms with Gasteiger partial charge in [-0.05, 0) is 32.9 Å². The van der Waals surface area contributed by atoms with Gasteiger partial charge in [-0.2, -0.15) is 5.26 Å². The molecule has 92 valence electrons. The van der Waals surface area contributed by atoms with Crippen LogP contribution in [0.1, 0.15) is 26.3 Å². The molecule has 1 aromatic carbocycles. The molecule has 0 unspecified atom stereocenters. The molecule has 0 spiro atoms. The molecule has 17 heavy (non-hydrogen) atoms. The van der Waals surface area contributed by atoms with E-state index in [0.717, 1.165) is 5.69 Å². The molecular formula is C13H19N3O. The molecular weight excluding hydrogens is 214 g/mol. The molecule has 0 radical (unpaired) electrons. The second-order valence-electron chi connectivity index (χ2n) is 4.42. The monoisotopic (exact) mass is 233 g/mol. The third-order valence-electron chi connectivity index (χ3n) is 2.47. The fourth-order valence-electron chi connectivity index (χ4n) is 1.57. The maximum Gasteiger partial charge on any atom is 0.101 e. The quantitative estimate of drug-likeness (QED) is 0.766. The number of ether oxygens (including phenoxy) is 1. The summed E-state index contributed by atoms with van der Waals surface area (Å²) in [6, 6.07) is 7.43. The number of nitrogens with one attached hydrogen (secondary N) is 1. The van der Waals surface area contributed by atoms with E-state index in [9.17, 15) is 0 Å². The van der Waals surface area contributed by atoms with E-state index >= 15 is 0 Å². The molecule has 0 heterocycles. The second-order valence-corrected chi connectivity index (χ2v) is 4.42. The van der Waals surface area contributed by atoms with Gasteiger partial charge in [0, 0.05) is 13.2 Å². The number of hydrogen-bond donors (Lipinski definition) is 2. The van der Waals surface area contributed by atoms with Crippen LogP contribution in [-0.4, -0.2) is 18.8 Å². The highest BCUT2D eigenvalue weighted by Crippen LogP contribution is 2.23. The number of anilines is 2. The smallest absolute Gasteiger partial charge is 0.101 e. The van der Waals surface area contributed by atoms with Gasteiger partial charge in [-0.25, -0.2) is 0 Å². The molecule has 0 saturated carbocycles. The zero-order valence-corrected chi connectivity index (χ0v) is 10.6. The Bertz CT molecular complexity index is 421. The van der Waals surface area contributed by atoms with E-state index in [4.69, 9.17) is 15.7 Å². The number of nitrogens with two attached hydrogens (primary N) is 1.